The van der Waals surface area contributed by atoms with Crippen LogP contribution in [0.4, 0.5) is 22.0 Å². The van der Waals surface area contributed by atoms with E-state index >= 15 is 4.39 Å². The van der Waals surface area contributed by atoms with Crippen molar-refractivity contribution in [3.05, 3.63) is 59.2 Å². The van der Waals surface area contributed by atoms with Gasteiger partial charge in [0.05, 0.1) is 5.56 Å². The number of halogens is 5. The first-order valence-electron chi connectivity index (χ1n) is 13.1. The van der Waals surface area contributed by atoms with Crippen LogP contribution in [-0.2, 0) is 6.18 Å². The Morgan fingerprint density at radius 3 is 1.83 bits per heavy atom. The summed E-state index contributed by atoms with van der Waals surface area (Å²) < 4.78 is 73.7. The Bertz CT molecular complexity index is 952. The van der Waals surface area contributed by atoms with E-state index in [1.165, 1.54) is 57.1 Å². The molecule has 0 saturated heterocycles. The third kappa shape index (κ3) is 6.56. The molecule has 35 heavy (non-hydrogen) atoms. The monoisotopic (exact) mass is 494 g/mol. The van der Waals surface area contributed by atoms with Crippen LogP contribution in [0.3, 0.4) is 0 Å². The number of hydrogen-bond acceptors (Lipinski definition) is 1. The lowest BCUT2D eigenvalue weighted by molar-refractivity contribution is -0.137. The Hall–Kier alpha value is -2.11. The van der Waals surface area contributed by atoms with Crippen molar-refractivity contribution in [1.29, 1.82) is 0 Å². The highest BCUT2D eigenvalue weighted by Crippen LogP contribution is 2.43. The average Bonchev–Trinajstić information content (AvgIpc) is 2.85. The van der Waals surface area contributed by atoms with Crippen LogP contribution in [0.5, 0.6) is 11.5 Å². The molecule has 0 amide bonds. The van der Waals surface area contributed by atoms with Crippen molar-refractivity contribution in [2.75, 3.05) is 0 Å². The maximum Gasteiger partial charge on any atom is 0.416 e. The molecule has 0 radical (unpaired) electrons. The van der Waals surface area contributed by atoms with E-state index in [0.29, 0.717) is 5.92 Å². The van der Waals surface area contributed by atoms with Gasteiger partial charge in [0.1, 0.15) is 11.6 Å². The number of benzene rings is 2. The highest BCUT2D eigenvalue weighted by Gasteiger charge is 2.31. The number of ether oxygens (including phenoxy) is 1. The molecule has 2 aromatic rings. The molecule has 2 aromatic carbocycles. The van der Waals surface area contributed by atoms with E-state index in [1.54, 1.807) is 0 Å². The molecule has 0 aromatic heterocycles. The second kappa shape index (κ2) is 11.3. The Kier molecular flexibility index (Phi) is 8.38. The summed E-state index contributed by atoms with van der Waals surface area (Å²) in [6, 6.07) is 6.44. The maximum atomic E-state index is 15.3. The van der Waals surface area contributed by atoms with Crippen LogP contribution < -0.4 is 4.74 Å². The van der Waals surface area contributed by atoms with Crippen molar-refractivity contribution < 1.29 is 26.7 Å². The van der Waals surface area contributed by atoms with Gasteiger partial charge in [0.2, 0.25) is 0 Å². The minimum atomic E-state index is -4.46. The molecule has 1 nitrogen and oxygen atoms in total. The average molecular weight is 495 g/mol. The van der Waals surface area contributed by atoms with Crippen molar-refractivity contribution >= 4 is 0 Å². The van der Waals surface area contributed by atoms with Crippen LogP contribution in [0.25, 0.3) is 0 Å². The molecule has 0 bridgehead atoms. The predicted octanol–water partition coefficient (Wildman–Crippen LogP) is 10.0. The lowest BCUT2D eigenvalue weighted by atomic mass is 9.74. The van der Waals surface area contributed by atoms with Crippen LogP contribution in [0.2, 0.25) is 0 Å². The summed E-state index contributed by atoms with van der Waals surface area (Å²) >= 11 is 0. The molecule has 0 heterocycles. The SMILES string of the molecule is CCC1CCC(CCC2CCC(c3c(F)ccc(Oc4ccc(C(F)(F)F)cc4)c3F)CC2)CC1. The highest BCUT2D eigenvalue weighted by molar-refractivity contribution is 5.39. The zero-order valence-electron chi connectivity index (χ0n) is 20.3. The van der Waals surface area contributed by atoms with Crippen LogP contribution in [0.1, 0.15) is 94.6 Å². The van der Waals surface area contributed by atoms with E-state index in [9.17, 15) is 17.6 Å². The summed E-state index contributed by atoms with van der Waals surface area (Å²) in [7, 11) is 0. The van der Waals surface area contributed by atoms with Crippen LogP contribution in [0.15, 0.2) is 36.4 Å². The Labute approximate surface area is 205 Å². The second-order valence-corrected chi connectivity index (χ2v) is 10.5. The highest BCUT2D eigenvalue weighted by atomic mass is 19.4. The Morgan fingerprint density at radius 1 is 0.743 bits per heavy atom. The topological polar surface area (TPSA) is 9.23 Å². The summed E-state index contributed by atoms with van der Waals surface area (Å²) in [6.45, 7) is 2.28. The molecule has 2 aliphatic rings. The Balaban J connectivity index is 1.33. The van der Waals surface area contributed by atoms with Crippen LogP contribution >= 0.6 is 0 Å². The zero-order chi connectivity index (χ0) is 25.0. The zero-order valence-corrected chi connectivity index (χ0v) is 20.3. The van der Waals surface area contributed by atoms with Gasteiger partial charge in [-0.25, -0.2) is 8.78 Å². The first kappa shape index (κ1) is 26.0. The maximum absolute atomic E-state index is 15.3. The van der Waals surface area contributed by atoms with E-state index in [4.69, 9.17) is 4.74 Å². The second-order valence-electron chi connectivity index (χ2n) is 10.5. The fourth-order valence-corrected chi connectivity index (χ4v) is 5.98. The van der Waals surface area contributed by atoms with Gasteiger partial charge in [-0.3, -0.25) is 0 Å². The van der Waals surface area contributed by atoms with Crippen molar-refractivity contribution in [3.8, 4) is 11.5 Å². The molecule has 0 unspecified atom stereocenters. The molecule has 4 rings (SSSR count). The molecule has 2 saturated carbocycles. The van der Waals surface area contributed by atoms with Gasteiger partial charge in [-0.1, -0.05) is 51.9 Å². The molecular weight excluding hydrogens is 459 g/mol. The molecule has 0 N–H and O–H groups in total. The number of rotatable bonds is 7. The van der Waals surface area contributed by atoms with Crippen LogP contribution in [-0.4, -0.2) is 0 Å². The van der Waals surface area contributed by atoms with Gasteiger partial charge in [-0.15, -0.1) is 0 Å². The first-order chi connectivity index (χ1) is 16.7. The molecule has 0 atom stereocenters. The van der Waals surface area contributed by atoms with E-state index < -0.39 is 23.4 Å². The number of alkyl halides is 3. The molecule has 0 aliphatic heterocycles. The van der Waals surface area contributed by atoms with Gasteiger partial charge in [0, 0.05) is 5.56 Å². The van der Waals surface area contributed by atoms with Gasteiger partial charge in [-0.05, 0) is 85.8 Å². The standard InChI is InChI=1S/C29H35F5O/c1-2-19-3-5-20(6-4-19)7-8-21-9-11-22(12-10-21)27-25(30)17-18-26(28(27)31)35-24-15-13-23(14-16-24)29(32,33)34/h13-22H,2-12H2,1H3. The molecule has 2 fully saturated rings. The third-order valence-electron chi connectivity index (χ3n) is 8.28. The molecule has 192 valence electrons. The molecular formula is C29H35F5O. The Morgan fingerprint density at radius 2 is 1.29 bits per heavy atom. The van der Waals surface area contributed by atoms with Gasteiger partial charge in [0.25, 0.3) is 0 Å². The third-order valence-corrected chi connectivity index (χ3v) is 8.28. The summed E-state index contributed by atoms with van der Waals surface area (Å²) in [6.07, 6.45) is 8.13. The summed E-state index contributed by atoms with van der Waals surface area (Å²) in [5, 5.41) is 0. The van der Waals surface area contributed by atoms with Crippen molar-refractivity contribution in [1.82, 2.24) is 0 Å². The summed E-state index contributed by atoms with van der Waals surface area (Å²) in [5.74, 6) is 0.738. The van der Waals surface area contributed by atoms with Gasteiger partial charge in [0.15, 0.2) is 11.6 Å². The van der Waals surface area contributed by atoms with Gasteiger partial charge < -0.3 is 4.74 Å². The quantitative estimate of drug-likeness (QED) is 0.348. The van der Waals surface area contributed by atoms with Crippen LogP contribution in [0, 0.1) is 29.4 Å². The fraction of sp³-hybridized carbons (Fsp3) is 0.586. The van der Waals surface area contributed by atoms with E-state index in [2.05, 4.69) is 6.92 Å². The number of hydrogen-bond donors (Lipinski definition) is 0. The first-order valence-corrected chi connectivity index (χ1v) is 13.1. The van der Waals surface area contributed by atoms with Gasteiger partial charge in [-0.2, -0.15) is 13.2 Å². The molecule has 0 spiro atoms. The normalized spacial score (nSPS) is 25.4. The lowest BCUT2D eigenvalue weighted by Gasteiger charge is -2.32. The summed E-state index contributed by atoms with van der Waals surface area (Å²) in [4.78, 5) is 0. The van der Waals surface area contributed by atoms with E-state index in [-0.39, 0.29) is 23.0 Å². The predicted molar refractivity (Wildman–Crippen MR) is 128 cm³/mol. The molecule has 2 aliphatic carbocycles. The van der Waals surface area contributed by atoms with E-state index in [0.717, 1.165) is 61.8 Å². The van der Waals surface area contributed by atoms with Crippen molar-refractivity contribution in [2.24, 2.45) is 17.8 Å². The smallest absolute Gasteiger partial charge is 0.416 e. The fourth-order valence-electron chi connectivity index (χ4n) is 5.98. The van der Waals surface area contributed by atoms with Crippen molar-refractivity contribution in [3.63, 3.8) is 0 Å². The largest absolute Gasteiger partial charge is 0.454 e. The van der Waals surface area contributed by atoms with E-state index in [1.807, 2.05) is 0 Å². The lowest BCUT2D eigenvalue weighted by Crippen LogP contribution is -2.18. The summed E-state index contributed by atoms with van der Waals surface area (Å²) in [5.41, 5.74) is -0.763. The minimum absolute atomic E-state index is 0.0470. The molecule has 6 heteroatoms. The van der Waals surface area contributed by atoms with Gasteiger partial charge >= 0.3 is 6.18 Å². The van der Waals surface area contributed by atoms with Crippen molar-refractivity contribution in [2.45, 2.75) is 89.6 Å². The minimum Gasteiger partial charge on any atom is -0.454 e.